The van der Waals surface area contributed by atoms with Gasteiger partial charge in [-0.05, 0) is 33.2 Å². The van der Waals surface area contributed by atoms with Gasteiger partial charge >= 0.3 is 0 Å². The second kappa shape index (κ2) is 6.76. The molecule has 1 amide bonds. The maximum absolute atomic E-state index is 12.5. The van der Waals surface area contributed by atoms with E-state index in [0.29, 0.717) is 12.6 Å². The van der Waals surface area contributed by atoms with E-state index >= 15 is 0 Å². The molecule has 3 rings (SSSR count). The number of carbonyl (C=O) groups is 1. The number of thiazole rings is 1. The molecule has 2 aromatic heterocycles. The Labute approximate surface area is 140 Å². The number of aromatic nitrogens is 4. The summed E-state index contributed by atoms with van der Waals surface area (Å²) < 4.78 is 1.95. The second-order valence-corrected chi connectivity index (χ2v) is 6.80. The quantitative estimate of drug-likeness (QED) is 0.828. The first-order chi connectivity index (χ1) is 11.0. The van der Waals surface area contributed by atoms with Crippen LogP contribution < -0.4 is 4.90 Å². The van der Waals surface area contributed by atoms with Gasteiger partial charge in [0.05, 0.1) is 13.1 Å². The molecule has 23 heavy (non-hydrogen) atoms. The zero-order valence-electron chi connectivity index (χ0n) is 13.8. The molecule has 0 aliphatic carbocycles. The molecule has 3 heterocycles. The fourth-order valence-electron chi connectivity index (χ4n) is 3.01. The van der Waals surface area contributed by atoms with Crippen LogP contribution in [0.2, 0.25) is 0 Å². The molecule has 0 bridgehead atoms. The monoisotopic (exact) mass is 334 g/mol. The molecule has 1 saturated heterocycles. The van der Waals surface area contributed by atoms with E-state index in [1.807, 2.05) is 23.9 Å². The van der Waals surface area contributed by atoms with Gasteiger partial charge in [0.25, 0.3) is 0 Å². The van der Waals surface area contributed by atoms with Crippen molar-refractivity contribution in [2.24, 2.45) is 0 Å². The van der Waals surface area contributed by atoms with E-state index in [-0.39, 0.29) is 5.91 Å². The van der Waals surface area contributed by atoms with E-state index in [2.05, 4.69) is 20.0 Å². The molecule has 7 nitrogen and oxygen atoms in total. The largest absolute Gasteiger partial charge is 0.290 e. The minimum Gasteiger partial charge on any atom is -0.290 e. The van der Waals surface area contributed by atoms with E-state index in [4.69, 9.17) is 0 Å². The summed E-state index contributed by atoms with van der Waals surface area (Å²) in [6.45, 7) is 6.05. The summed E-state index contributed by atoms with van der Waals surface area (Å²) in [5.41, 5.74) is 0. The second-order valence-electron chi connectivity index (χ2n) is 5.92. The number of carbonyl (C=O) groups excluding carboxylic acids is 1. The van der Waals surface area contributed by atoms with Crippen molar-refractivity contribution < 1.29 is 4.79 Å². The number of anilines is 1. The lowest BCUT2D eigenvalue weighted by Gasteiger charge is -2.25. The molecule has 0 unspecified atom stereocenters. The number of nitrogens with zero attached hydrogens (tertiary/aromatic N) is 6. The van der Waals surface area contributed by atoms with Crippen molar-refractivity contribution in [1.29, 1.82) is 0 Å². The third kappa shape index (κ3) is 3.59. The number of amides is 1. The Balaban J connectivity index is 1.62. The van der Waals surface area contributed by atoms with Crippen molar-refractivity contribution >= 4 is 22.4 Å². The summed E-state index contributed by atoms with van der Waals surface area (Å²) in [7, 11) is 1.79. The summed E-state index contributed by atoms with van der Waals surface area (Å²) in [5.74, 6) is 1.81. The minimum absolute atomic E-state index is 0.0818. The van der Waals surface area contributed by atoms with Crippen molar-refractivity contribution in [3.8, 4) is 0 Å². The highest BCUT2D eigenvalue weighted by Crippen LogP contribution is 2.21. The van der Waals surface area contributed by atoms with Gasteiger partial charge in [-0.1, -0.05) is 0 Å². The number of hydrogen-bond acceptors (Lipinski definition) is 6. The first-order valence-corrected chi connectivity index (χ1v) is 8.70. The Bertz CT molecular complexity index is 668. The van der Waals surface area contributed by atoms with E-state index in [9.17, 15) is 4.79 Å². The van der Waals surface area contributed by atoms with Gasteiger partial charge in [-0.2, -0.15) is 5.10 Å². The van der Waals surface area contributed by atoms with Crippen LogP contribution in [0, 0.1) is 13.8 Å². The van der Waals surface area contributed by atoms with Crippen LogP contribution in [-0.4, -0.2) is 56.7 Å². The molecular weight excluding hydrogens is 312 g/mol. The minimum atomic E-state index is 0.0818. The van der Waals surface area contributed by atoms with Crippen LogP contribution in [0.4, 0.5) is 5.13 Å². The predicted molar refractivity (Wildman–Crippen MR) is 89.6 cm³/mol. The number of hydrogen-bond donors (Lipinski definition) is 0. The third-order valence-electron chi connectivity index (χ3n) is 4.26. The predicted octanol–water partition coefficient (Wildman–Crippen LogP) is 1.48. The van der Waals surface area contributed by atoms with Crippen LogP contribution in [-0.2, 0) is 11.3 Å². The maximum atomic E-state index is 12.5. The highest BCUT2D eigenvalue weighted by molar-refractivity contribution is 7.13. The molecular formula is C15H22N6OS. The van der Waals surface area contributed by atoms with Crippen LogP contribution in [0.1, 0.15) is 24.5 Å². The SMILES string of the molecule is Cc1nc(C)n(C[C@H]2CCCN2CC(=O)N(C)c2nccs2)n1. The first-order valence-electron chi connectivity index (χ1n) is 7.82. The van der Waals surface area contributed by atoms with Crippen molar-refractivity contribution in [3.63, 3.8) is 0 Å². The lowest BCUT2D eigenvalue weighted by Crippen LogP contribution is -2.42. The first kappa shape index (κ1) is 16.1. The number of likely N-dealkylation sites (tertiary alicyclic amines) is 1. The third-order valence-corrected chi connectivity index (χ3v) is 5.11. The topological polar surface area (TPSA) is 67.2 Å². The summed E-state index contributed by atoms with van der Waals surface area (Å²) in [6, 6.07) is 0.337. The van der Waals surface area contributed by atoms with Crippen LogP contribution in [0.25, 0.3) is 0 Å². The molecule has 1 aliphatic heterocycles. The Kier molecular flexibility index (Phi) is 4.72. The molecule has 2 aromatic rings. The maximum Gasteiger partial charge on any atom is 0.242 e. The summed E-state index contributed by atoms with van der Waals surface area (Å²) in [5, 5.41) is 7.06. The fourth-order valence-corrected chi connectivity index (χ4v) is 3.64. The number of rotatable bonds is 5. The standard InChI is InChI=1S/C15H22N6OS/c1-11-17-12(2)21(18-11)9-13-5-4-7-20(13)10-14(22)19(3)15-16-6-8-23-15/h6,8,13H,4-5,7,9-10H2,1-3H3/t13-/m1/s1. The van der Waals surface area contributed by atoms with E-state index in [0.717, 1.165) is 42.7 Å². The van der Waals surface area contributed by atoms with Gasteiger partial charge in [0.1, 0.15) is 11.6 Å². The zero-order valence-corrected chi connectivity index (χ0v) is 14.6. The summed E-state index contributed by atoms with van der Waals surface area (Å²) in [6.07, 6.45) is 3.93. The Morgan fingerprint density at radius 2 is 2.30 bits per heavy atom. The summed E-state index contributed by atoms with van der Waals surface area (Å²) >= 11 is 1.48. The Hall–Kier alpha value is -1.80. The van der Waals surface area contributed by atoms with Crippen LogP contribution >= 0.6 is 11.3 Å². The lowest BCUT2D eigenvalue weighted by atomic mass is 10.2. The molecule has 0 saturated carbocycles. The molecule has 124 valence electrons. The highest BCUT2D eigenvalue weighted by atomic mass is 32.1. The van der Waals surface area contributed by atoms with E-state index in [1.54, 1.807) is 18.1 Å². The van der Waals surface area contributed by atoms with Gasteiger partial charge in [0.15, 0.2) is 5.13 Å². The van der Waals surface area contributed by atoms with Gasteiger partial charge in [0.2, 0.25) is 5.91 Å². The zero-order chi connectivity index (χ0) is 16.4. The molecule has 0 aromatic carbocycles. The van der Waals surface area contributed by atoms with Gasteiger partial charge in [-0.3, -0.25) is 14.6 Å². The molecule has 0 N–H and O–H groups in total. The lowest BCUT2D eigenvalue weighted by molar-refractivity contribution is -0.119. The van der Waals surface area contributed by atoms with Gasteiger partial charge < -0.3 is 0 Å². The van der Waals surface area contributed by atoms with Crippen molar-refractivity contribution in [2.45, 2.75) is 39.3 Å². The summed E-state index contributed by atoms with van der Waals surface area (Å²) in [4.78, 5) is 24.9. The number of likely N-dealkylation sites (N-methyl/N-ethyl adjacent to an activating group) is 1. The highest BCUT2D eigenvalue weighted by Gasteiger charge is 2.28. The molecule has 1 atom stereocenters. The Morgan fingerprint density at radius 1 is 1.48 bits per heavy atom. The van der Waals surface area contributed by atoms with Crippen molar-refractivity contribution in [3.05, 3.63) is 23.2 Å². The fraction of sp³-hybridized carbons (Fsp3) is 0.600. The Morgan fingerprint density at radius 3 is 2.96 bits per heavy atom. The van der Waals surface area contributed by atoms with Crippen LogP contribution in [0.15, 0.2) is 11.6 Å². The van der Waals surface area contributed by atoms with E-state index in [1.165, 1.54) is 11.3 Å². The van der Waals surface area contributed by atoms with Crippen LogP contribution in [0.3, 0.4) is 0 Å². The van der Waals surface area contributed by atoms with Gasteiger partial charge in [-0.15, -0.1) is 11.3 Å². The van der Waals surface area contributed by atoms with Crippen molar-refractivity contribution in [2.75, 3.05) is 25.0 Å². The normalized spacial score (nSPS) is 18.5. The van der Waals surface area contributed by atoms with Gasteiger partial charge in [-0.25, -0.2) is 14.6 Å². The molecule has 8 heteroatoms. The van der Waals surface area contributed by atoms with E-state index < -0.39 is 0 Å². The molecule has 1 fully saturated rings. The van der Waals surface area contributed by atoms with Gasteiger partial charge in [0, 0.05) is 24.7 Å². The molecule has 0 spiro atoms. The van der Waals surface area contributed by atoms with Crippen LogP contribution in [0.5, 0.6) is 0 Å². The smallest absolute Gasteiger partial charge is 0.242 e. The molecule has 1 aliphatic rings. The number of aryl methyl sites for hydroxylation is 2. The molecule has 0 radical (unpaired) electrons. The average molecular weight is 334 g/mol. The average Bonchev–Trinajstić information content (AvgIpc) is 3.22. The van der Waals surface area contributed by atoms with Crippen molar-refractivity contribution in [1.82, 2.24) is 24.6 Å².